The molecule has 0 aliphatic carbocycles. The number of aryl methyl sites for hydroxylation is 2. The molecule has 0 radical (unpaired) electrons. The van der Waals surface area contributed by atoms with Crippen LogP contribution in [0.1, 0.15) is 44.6 Å². The van der Waals surface area contributed by atoms with Crippen LogP contribution in [-0.4, -0.2) is 22.4 Å². The second-order valence-corrected chi connectivity index (χ2v) is 4.62. The van der Waals surface area contributed by atoms with Crippen LogP contribution in [0.3, 0.4) is 0 Å². The zero-order chi connectivity index (χ0) is 11.4. The summed E-state index contributed by atoms with van der Waals surface area (Å²) in [4.78, 5) is 0. The standard InChI is InChI=1S/C12H23N3/c1-9(2)13-7-6-11(4)15-12(5)8-10(3)14-15/h8-9,11,13H,6-7H2,1-5H3. The summed E-state index contributed by atoms with van der Waals surface area (Å²) in [5.41, 5.74) is 2.36. The highest BCUT2D eigenvalue weighted by Gasteiger charge is 2.08. The van der Waals surface area contributed by atoms with E-state index in [-0.39, 0.29) is 0 Å². The largest absolute Gasteiger partial charge is 0.314 e. The predicted octanol–water partition coefficient (Wildman–Crippen LogP) is 2.45. The molecule has 15 heavy (non-hydrogen) atoms. The summed E-state index contributed by atoms with van der Waals surface area (Å²) in [5.74, 6) is 0. The number of nitrogens with zero attached hydrogens (tertiary/aromatic N) is 2. The Bertz CT molecular complexity index is 302. The zero-order valence-corrected chi connectivity index (χ0v) is 10.5. The Morgan fingerprint density at radius 1 is 1.33 bits per heavy atom. The maximum absolute atomic E-state index is 4.50. The van der Waals surface area contributed by atoms with Gasteiger partial charge < -0.3 is 5.32 Å². The molecule has 0 bridgehead atoms. The Morgan fingerprint density at radius 2 is 2.00 bits per heavy atom. The van der Waals surface area contributed by atoms with Crippen LogP contribution in [0.2, 0.25) is 0 Å². The van der Waals surface area contributed by atoms with Gasteiger partial charge in [0.2, 0.25) is 0 Å². The maximum atomic E-state index is 4.50. The number of aromatic nitrogens is 2. The second kappa shape index (κ2) is 5.31. The second-order valence-electron chi connectivity index (χ2n) is 4.62. The van der Waals surface area contributed by atoms with E-state index in [1.165, 1.54) is 5.69 Å². The van der Waals surface area contributed by atoms with E-state index in [0.717, 1.165) is 18.7 Å². The summed E-state index contributed by atoms with van der Waals surface area (Å²) in [5, 5.41) is 7.93. The van der Waals surface area contributed by atoms with Gasteiger partial charge >= 0.3 is 0 Å². The molecule has 1 aromatic heterocycles. The van der Waals surface area contributed by atoms with Crippen LogP contribution in [0.5, 0.6) is 0 Å². The Balaban J connectivity index is 2.46. The van der Waals surface area contributed by atoms with E-state index in [9.17, 15) is 0 Å². The quantitative estimate of drug-likeness (QED) is 0.807. The van der Waals surface area contributed by atoms with Crippen molar-refractivity contribution in [2.75, 3.05) is 6.54 Å². The van der Waals surface area contributed by atoms with Gasteiger partial charge in [-0.25, -0.2) is 0 Å². The van der Waals surface area contributed by atoms with Crippen LogP contribution in [0.4, 0.5) is 0 Å². The Hall–Kier alpha value is -0.830. The summed E-state index contributed by atoms with van der Waals surface area (Å²) in [7, 11) is 0. The van der Waals surface area contributed by atoms with Crippen LogP contribution < -0.4 is 5.32 Å². The summed E-state index contributed by atoms with van der Waals surface area (Å²) in [6, 6.07) is 3.18. The minimum atomic E-state index is 0.477. The van der Waals surface area contributed by atoms with Crippen molar-refractivity contribution in [3.05, 3.63) is 17.5 Å². The smallest absolute Gasteiger partial charge is 0.0596 e. The molecule has 1 aromatic rings. The third-order valence-corrected chi connectivity index (χ3v) is 2.58. The SMILES string of the molecule is Cc1cc(C)n(C(C)CCNC(C)C)n1. The van der Waals surface area contributed by atoms with E-state index >= 15 is 0 Å². The maximum Gasteiger partial charge on any atom is 0.0596 e. The van der Waals surface area contributed by atoms with Gasteiger partial charge in [-0.1, -0.05) is 13.8 Å². The molecule has 1 N–H and O–H groups in total. The first-order valence-electron chi connectivity index (χ1n) is 5.77. The van der Waals surface area contributed by atoms with Crippen molar-refractivity contribution >= 4 is 0 Å². The minimum Gasteiger partial charge on any atom is -0.314 e. The molecule has 0 amide bonds. The molecule has 1 atom stereocenters. The topological polar surface area (TPSA) is 29.9 Å². The Labute approximate surface area is 92.9 Å². The number of hydrogen-bond donors (Lipinski definition) is 1. The molecule has 3 nitrogen and oxygen atoms in total. The van der Waals surface area contributed by atoms with Gasteiger partial charge in [-0.3, -0.25) is 4.68 Å². The predicted molar refractivity (Wildman–Crippen MR) is 64.2 cm³/mol. The van der Waals surface area contributed by atoms with E-state index in [1.54, 1.807) is 0 Å². The van der Waals surface area contributed by atoms with Crippen LogP contribution in [0.15, 0.2) is 6.07 Å². The average Bonchev–Trinajstić information content (AvgIpc) is 2.44. The summed E-state index contributed by atoms with van der Waals surface area (Å²) in [6.45, 7) is 11.8. The van der Waals surface area contributed by atoms with Gasteiger partial charge in [0.1, 0.15) is 0 Å². The Kier molecular flexibility index (Phi) is 4.33. The van der Waals surface area contributed by atoms with Crippen LogP contribution >= 0.6 is 0 Å². The van der Waals surface area contributed by atoms with E-state index in [0.29, 0.717) is 12.1 Å². The van der Waals surface area contributed by atoms with Gasteiger partial charge in [0, 0.05) is 11.7 Å². The first kappa shape index (κ1) is 12.2. The summed E-state index contributed by atoms with van der Waals surface area (Å²) in [6.07, 6.45) is 1.13. The highest BCUT2D eigenvalue weighted by Crippen LogP contribution is 2.13. The molecule has 0 saturated heterocycles. The molecule has 0 aromatic carbocycles. The first-order chi connectivity index (χ1) is 7.00. The third kappa shape index (κ3) is 3.67. The fourth-order valence-electron chi connectivity index (χ4n) is 1.80. The van der Waals surface area contributed by atoms with Gasteiger partial charge in [-0.05, 0) is 39.8 Å². The molecule has 0 fully saturated rings. The van der Waals surface area contributed by atoms with Gasteiger partial charge in [0.05, 0.1) is 11.7 Å². The number of nitrogens with one attached hydrogen (secondary N) is 1. The molecular weight excluding hydrogens is 186 g/mol. The van der Waals surface area contributed by atoms with Gasteiger partial charge in [0.25, 0.3) is 0 Å². The lowest BCUT2D eigenvalue weighted by Gasteiger charge is -2.15. The van der Waals surface area contributed by atoms with Crippen LogP contribution in [0.25, 0.3) is 0 Å². The van der Waals surface area contributed by atoms with Crippen LogP contribution in [-0.2, 0) is 0 Å². The molecule has 0 aliphatic heterocycles. The highest BCUT2D eigenvalue weighted by molar-refractivity contribution is 5.07. The average molecular weight is 209 g/mol. The van der Waals surface area contributed by atoms with Crippen molar-refractivity contribution in [3.63, 3.8) is 0 Å². The van der Waals surface area contributed by atoms with E-state index in [4.69, 9.17) is 0 Å². The van der Waals surface area contributed by atoms with Gasteiger partial charge in [0.15, 0.2) is 0 Å². The minimum absolute atomic E-state index is 0.477. The van der Waals surface area contributed by atoms with Gasteiger partial charge in [-0.15, -0.1) is 0 Å². The monoisotopic (exact) mass is 209 g/mol. The van der Waals surface area contributed by atoms with E-state index in [1.807, 2.05) is 6.92 Å². The van der Waals surface area contributed by atoms with Crippen molar-refractivity contribution in [3.8, 4) is 0 Å². The zero-order valence-electron chi connectivity index (χ0n) is 10.5. The first-order valence-corrected chi connectivity index (χ1v) is 5.77. The highest BCUT2D eigenvalue weighted by atomic mass is 15.3. The van der Waals surface area contributed by atoms with Crippen LogP contribution in [0, 0.1) is 13.8 Å². The normalized spacial score (nSPS) is 13.5. The van der Waals surface area contributed by atoms with E-state index < -0.39 is 0 Å². The molecule has 86 valence electrons. The number of rotatable bonds is 5. The molecule has 0 spiro atoms. The third-order valence-electron chi connectivity index (χ3n) is 2.58. The molecule has 3 heteroatoms. The molecular formula is C12H23N3. The van der Waals surface area contributed by atoms with Gasteiger partial charge in [-0.2, -0.15) is 5.10 Å². The lowest BCUT2D eigenvalue weighted by atomic mass is 10.2. The van der Waals surface area contributed by atoms with Crippen molar-refractivity contribution in [2.24, 2.45) is 0 Å². The Morgan fingerprint density at radius 3 is 2.47 bits per heavy atom. The molecule has 1 unspecified atom stereocenters. The van der Waals surface area contributed by atoms with Crippen molar-refractivity contribution < 1.29 is 0 Å². The van der Waals surface area contributed by atoms with Crippen molar-refractivity contribution in [1.29, 1.82) is 0 Å². The van der Waals surface area contributed by atoms with Crippen molar-refractivity contribution in [2.45, 2.75) is 53.1 Å². The fraction of sp³-hybridized carbons (Fsp3) is 0.750. The lowest BCUT2D eigenvalue weighted by Crippen LogP contribution is -2.25. The van der Waals surface area contributed by atoms with Crippen molar-refractivity contribution in [1.82, 2.24) is 15.1 Å². The fourth-order valence-corrected chi connectivity index (χ4v) is 1.80. The lowest BCUT2D eigenvalue weighted by molar-refractivity contribution is 0.424. The molecule has 0 saturated carbocycles. The van der Waals surface area contributed by atoms with E-state index in [2.05, 4.69) is 48.9 Å². The molecule has 0 aliphatic rings. The molecule has 1 heterocycles. The number of hydrogen-bond acceptors (Lipinski definition) is 2. The molecule has 1 rings (SSSR count). The summed E-state index contributed by atoms with van der Waals surface area (Å²) >= 11 is 0. The summed E-state index contributed by atoms with van der Waals surface area (Å²) < 4.78 is 2.12.